The zero-order valence-corrected chi connectivity index (χ0v) is 9.85. The number of hydrogen-bond donors (Lipinski definition) is 5. The number of hydrogen-bond acceptors (Lipinski definition) is 6. The maximum absolute atomic E-state index is 9.69. The van der Waals surface area contributed by atoms with Crippen LogP contribution in [0.25, 0.3) is 11.3 Å². The summed E-state index contributed by atoms with van der Waals surface area (Å²) in [6.45, 7) is 0. The zero-order chi connectivity index (χ0) is 13.3. The monoisotopic (exact) mass is 266 g/mol. The number of nitrogens with zero attached hydrogens (tertiary/aromatic N) is 2. The zero-order valence-electron chi connectivity index (χ0n) is 9.03. The fourth-order valence-electron chi connectivity index (χ4n) is 1.33. The molecule has 0 radical (unpaired) electrons. The fourth-order valence-corrected chi connectivity index (χ4v) is 2.03. The third-order valence-electron chi connectivity index (χ3n) is 2.12. The first-order valence-electron chi connectivity index (χ1n) is 4.78. The second-order valence-corrected chi connectivity index (χ2v) is 4.22. The molecule has 7 nitrogen and oxygen atoms in total. The van der Waals surface area contributed by atoms with Gasteiger partial charge >= 0.3 is 0 Å². The van der Waals surface area contributed by atoms with Crippen LogP contribution in [0.4, 0.5) is 5.13 Å². The van der Waals surface area contributed by atoms with E-state index in [1.165, 1.54) is 23.5 Å². The van der Waals surface area contributed by atoms with Crippen LogP contribution in [0, 0.1) is 0 Å². The number of benzene rings is 1. The van der Waals surface area contributed by atoms with E-state index in [0.717, 1.165) is 0 Å². The lowest BCUT2D eigenvalue weighted by Crippen LogP contribution is -2.21. The summed E-state index contributed by atoms with van der Waals surface area (Å²) in [4.78, 5) is 7.83. The van der Waals surface area contributed by atoms with Crippen LogP contribution in [0.3, 0.4) is 0 Å². The van der Waals surface area contributed by atoms with Crippen molar-refractivity contribution in [3.63, 3.8) is 0 Å². The summed E-state index contributed by atoms with van der Waals surface area (Å²) >= 11 is 1.18. The average Bonchev–Trinajstić information content (AvgIpc) is 2.73. The van der Waals surface area contributed by atoms with Crippen molar-refractivity contribution in [2.45, 2.75) is 0 Å². The first-order chi connectivity index (χ1) is 8.49. The molecule has 1 aromatic carbocycles. The molecule has 7 N–H and O–H groups in total. The van der Waals surface area contributed by atoms with Gasteiger partial charge in [0.05, 0.1) is 5.69 Å². The summed E-state index contributed by atoms with van der Waals surface area (Å²) in [6, 6.07) is 2.68. The largest absolute Gasteiger partial charge is 0.504 e. The van der Waals surface area contributed by atoms with E-state index in [1.54, 1.807) is 5.38 Å². The van der Waals surface area contributed by atoms with Crippen molar-refractivity contribution >= 4 is 22.4 Å². The van der Waals surface area contributed by atoms with Gasteiger partial charge in [0, 0.05) is 10.9 Å². The van der Waals surface area contributed by atoms with Crippen molar-refractivity contribution < 1.29 is 15.3 Å². The van der Waals surface area contributed by atoms with Gasteiger partial charge in [-0.2, -0.15) is 4.99 Å². The summed E-state index contributed by atoms with van der Waals surface area (Å²) in [5, 5.41) is 30.3. The standard InChI is InChI=1S/C10H10N4O3S/c11-9(12)14-10-13-5(3-18-10)4-1-2-6(15)8(17)7(4)16/h1-3,15-17H,(H4,11,12,13,14). The Hall–Kier alpha value is -2.48. The van der Waals surface area contributed by atoms with E-state index >= 15 is 0 Å². The van der Waals surface area contributed by atoms with Crippen LogP contribution in [0.2, 0.25) is 0 Å². The van der Waals surface area contributed by atoms with Crippen LogP contribution in [-0.4, -0.2) is 26.3 Å². The summed E-state index contributed by atoms with van der Waals surface area (Å²) in [6.07, 6.45) is 0. The first-order valence-corrected chi connectivity index (χ1v) is 5.66. The van der Waals surface area contributed by atoms with Gasteiger partial charge in [-0.3, -0.25) is 0 Å². The Bertz CT molecular complexity index is 620. The van der Waals surface area contributed by atoms with Crippen molar-refractivity contribution in [3.8, 4) is 28.5 Å². The van der Waals surface area contributed by atoms with Crippen LogP contribution in [-0.2, 0) is 0 Å². The number of phenols is 3. The molecule has 0 aliphatic carbocycles. The third-order valence-corrected chi connectivity index (χ3v) is 2.86. The van der Waals surface area contributed by atoms with E-state index in [2.05, 4.69) is 9.98 Å². The van der Waals surface area contributed by atoms with E-state index in [0.29, 0.717) is 10.8 Å². The summed E-state index contributed by atoms with van der Waals surface area (Å²) in [7, 11) is 0. The van der Waals surface area contributed by atoms with Crippen molar-refractivity contribution in [1.29, 1.82) is 0 Å². The molecule has 8 heteroatoms. The molecule has 0 aliphatic heterocycles. The van der Waals surface area contributed by atoms with Gasteiger partial charge in [0.25, 0.3) is 0 Å². The van der Waals surface area contributed by atoms with Gasteiger partial charge in [-0.1, -0.05) is 0 Å². The Morgan fingerprint density at radius 1 is 1.17 bits per heavy atom. The fraction of sp³-hybridized carbons (Fsp3) is 0. The smallest absolute Gasteiger partial charge is 0.212 e. The van der Waals surface area contributed by atoms with Crippen LogP contribution in [0.15, 0.2) is 22.5 Å². The van der Waals surface area contributed by atoms with E-state index in [9.17, 15) is 15.3 Å². The Labute approximate surface area is 106 Å². The molecule has 1 aromatic heterocycles. The predicted octanol–water partition coefficient (Wildman–Crippen LogP) is 0.832. The van der Waals surface area contributed by atoms with Crippen LogP contribution < -0.4 is 11.5 Å². The average molecular weight is 266 g/mol. The molecule has 94 valence electrons. The lowest BCUT2D eigenvalue weighted by atomic mass is 10.1. The molecule has 0 unspecified atom stereocenters. The summed E-state index contributed by atoms with van der Waals surface area (Å²) in [5.74, 6) is -1.56. The van der Waals surface area contributed by atoms with Gasteiger partial charge in [-0.05, 0) is 12.1 Å². The van der Waals surface area contributed by atoms with E-state index in [4.69, 9.17) is 11.5 Å². The number of aromatic nitrogens is 1. The molecule has 0 atom stereocenters. The highest BCUT2D eigenvalue weighted by Gasteiger charge is 2.14. The Balaban J connectivity index is 2.47. The van der Waals surface area contributed by atoms with Crippen LogP contribution in [0.5, 0.6) is 17.2 Å². The topological polar surface area (TPSA) is 138 Å². The Morgan fingerprint density at radius 2 is 1.89 bits per heavy atom. The first kappa shape index (κ1) is 12.0. The molecule has 0 amide bonds. The molecular formula is C10H10N4O3S. The molecule has 0 aliphatic rings. The van der Waals surface area contributed by atoms with Crippen molar-refractivity contribution in [3.05, 3.63) is 17.5 Å². The minimum atomic E-state index is -0.594. The molecule has 18 heavy (non-hydrogen) atoms. The lowest BCUT2D eigenvalue weighted by molar-refractivity contribution is 0.369. The molecule has 0 spiro atoms. The highest BCUT2D eigenvalue weighted by atomic mass is 32.1. The third kappa shape index (κ3) is 2.13. The van der Waals surface area contributed by atoms with E-state index < -0.39 is 17.2 Å². The lowest BCUT2D eigenvalue weighted by Gasteiger charge is -2.04. The van der Waals surface area contributed by atoms with Gasteiger partial charge in [-0.15, -0.1) is 11.3 Å². The highest BCUT2D eigenvalue weighted by Crippen LogP contribution is 2.42. The number of thiazole rings is 1. The van der Waals surface area contributed by atoms with Crippen LogP contribution >= 0.6 is 11.3 Å². The van der Waals surface area contributed by atoms with Gasteiger partial charge in [0.2, 0.25) is 10.9 Å². The number of phenolic OH excluding ortho intramolecular Hbond substituents is 3. The van der Waals surface area contributed by atoms with Crippen molar-refractivity contribution in [2.75, 3.05) is 0 Å². The number of aliphatic imine (C=N–C) groups is 1. The van der Waals surface area contributed by atoms with E-state index in [1.807, 2.05) is 0 Å². The van der Waals surface area contributed by atoms with Crippen molar-refractivity contribution in [2.24, 2.45) is 16.5 Å². The SMILES string of the molecule is NC(N)=Nc1nc(-c2ccc(O)c(O)c2O)cs1. The Morgan fingerprint density at radius 3 is 2.56 bits per heavy atom. The van der Waals surface area contributed by atoms with Crippen molar-refractivity contribution in [1.82, 2.24) is 4.98 Å². The number of guanidine groups is 1. The summed E-state index contributed by atoms with van der Waals surface area (Å²) in [5.41, 5.74) is 11.1. The predicted molar refractivity (Wildman–Crippen MR) is 68.0 cm³/mol. The van der Waals surface area contributed by atoms with Crippen LogP contribution in [0.1, 0.15) is 0 Å². The molecule has 0 bridgehead atoms. The number of rotatable bonds is 2. The van der Waals surface area contributed by atoms with Gasteiger partial charge < -0.3 is 26.8 Å². The number of nitrogens with two attached hydrogens (primary N) is 2. The highest BCUT2D eigenvalue weighted by molar-refractivity contribution is 7.13. The maximum atomic E-state index is 9.69. The second kappa shape index (κ2) is 4.41. The second-order valence-electron chi connectivity index (χ2n) is 3.38. The normalized spacial score (nSPS) is 10.2. The maximum Gasteiger partial charge on any atom is 0.212 e. The molecule has 0 saturated heterocycles. The molecule has 0 saturated carbocycles. The minimum Gasteiger partial charge on any atom is -0.504 e. The summed E-state index contributed by atoms with van der Waals surface area (Å²) < 4.78 is 0. The molecule has 0 fully saturated rings. The Kier molecular flexibility index (Phi) is 2.94. The minimum absolute atomic E-state index is 0.117. The van der Waals surface area contributed by atoms with Gasteiger partial charge in [0.1, 0.15) is 0 Å². The van der Waals surface area contributed by atoms with E-state index in [-0.39, 0.29) is 11.5 Å². The molecule has 2 aromatic rings. The molecular weight excluding hydrogens is 256 g/mol. The molecule has 2 rings (SSSR count). The van der Waals surface area contributed by atoms with Gasteiger partial charge in [-0.25, -0.2) is 4.98 Å². The quantitative estimate of drug-likeness (QED) is 0.310. The molecule has 1 heterocycles. The van der Waals surface area contributed by atoms with Gasteiger partial charge in [0.15, 0.2) is 17.5 Å². The number of aromatic hydroxyl groups is 3.